The number of benzene rings is 2. The maximum Gasteiger partial charge on any atom is 0.258 e. The lowest BCUT2D eigenvalue weighted by Crippen LogP contribution is -2.27. The molecule has 7 heteroatoms. The molecule has 0 spiro atoms. The van der Waals surface area contributed by atoms with E-state index in [2.05, 4.69) is 63.3 Å². The quantitative estimate of drug-likeness (QED) is 0.324. The molecule has 33 heavy (non-hydrogen) atoms. The molecular weight excluding hydrogens is 564 g/mol. The number of carbonyl (C=O) groups is 2. The fourth-order valence-electron chi connectivity index (χ4n) is 4.20. The van der Waals surface area contributed by atoms with Crippen LogP contribution in [0.25, 0.3) is 0 Å². The van der Waals surface area contributed by atoms with Crippen LogP contribution < -0.4 is 10.6 Å². The van der Waals surface area contributed by atoms with E-state index in [0.717, 1.165) is 39.5 Å². The molecule has 0 fully saturated rings. The van der Waals surface area contributed by atoms with Gasteiger partial charge in [0.25, 0.3) is 11.8 Å². The lowest BCUT2D eigenvalue weighted by molar-refractivity contribution is 0.102. The van der Waals surface area contributed by atoms with Crippen molar-refractivity contribution < 1.29 is 9.59 Å². The van der Waals surface area contributed by atoms with Crippen LogP contribution in [0.2, 0.25) is 0 Å². The summed E-state index contributed by atoms with van der Waals surface area (Å²) in [6.07, 6.45) is 2.79. The molecule has 1 atom stereocenters. The summed E-state index contributed by atoms with van der Waals surface area (Å²) in [5.41, 5.74) is 3.10. The van der Waals surface area contributed by atoms with Crippen molar-refractivity contribution in [1.29, 1.82) is 0 Å². The third-order valence-corrected chi connectivity index (χ3v) is 8.55. The molecule has 3 aromatic rings. The molecular formula is C26H26Br2N2O2S. The van der Waals surface area contributed by atoms with E-state index in [1.807, 2.05) is 42.5 Å². The molecule has 0 saturated carbocycles. The molecule has 4 rings (SSSR count). The van der Waals surface area contributed by atoms with Gasteiger partial charge in [0.2, 0.25) is 0 Å². The highest BCUT2D eigenvalue weighted by Gasteiger charge is 2.34. The Morgan fingerprint density at radius 1 is 0.970 bits per heavy atom. The van der Waals surface area contributed by atoms with Crippen molar-refractivity contribution in [3.8, 4) is 0 Å². The van der Waals surface area contributed by atoms with E-state index in [0.29, 0.717) is 22.0 Å². The number of thiophene rings is 1. The molecule has 1 aromatic heterocycles. The van der Waals surface area contributed by atoms with Crippen LogP contribution in [0.1, 0.15) is 58.3 Å². The molecule has 0 bridgehead atoms. The van der Waals surface area contributed by atoms with Crippen LogP contribution >= 0.6 is 43.2 Å². The van der Waals surface area contributed by atoms with Crippen LogP contribution in [0.5, 0.6) is 0 Å². The van der Waals surface area contributed by atoms with E-state index >= 15 is 0 Å². The molecule has 1 heterocycles. The lowest BCUT2D eigenvalue weighted by atomic mass is 9.72. The summed E-state index contributed by atoms with van der Waals surface area (Å²) in [5.74, 6) is 0.121. The van der Waals surface area contributed by atoms with E-state index in [4.69, 9.17) is 0 Å². The monoisotopic (exact) mass is 588 g/mol. The number of amides is 2. The van der Waals surface area contributed by atoms with Crippen LogP contribution in [0.15, 0.2) is 57.5 Å². The zero-order valence-electron chi connectivity index (χ0n) is 18.8. The number of anilines is 2. The minimum Gasteiger partial charge on any atom is -0.322 e. The summed E-state index contributed by atoms with van der Waals surface area (Å²) in [7, 11) is 0. The fourth-order valence-corrected chi connectivity index (χ4v) is 6.25. The van der Waals surface area contributed by atoms with E-state index in [-0.39, 0.29) is 17.2 Å². The number of nitrogens with one attached hydrogen (secondary N) is 2. The zero-order chi connectivity index (χ0) is 23.8. The van der Waals surface area contributed by atoms with Gasteiger partial charge >= 0.3 is 0 Å². The molecule has 2 aromatic carbocycles. The van der Waals surface area contributed by atoms with Crippen LogP contribution in [0, 0.1) is 11.3 Å². The maximum atomic E-state index is 13.4. The van der Waals surface area contributed by atoms with E-state index in [1.165, 1.54) is 16.2 Å². The largest absolute Gasteiger partial charge is 0.322 e. The SMILES string of the molecule is CC(C)(C)C1CCc2c(sc(NC(=O)c3ccccc3Br)c2C(=O)Nc2ccc(Br)cc2)C1. The Morgan fingerprint density at radius 2 is 1.67 bits per heavy atom. The first-order chi connectivity index (χ1) is 15.6. The molecule has 4 nitrogen and oxygen atoms in total. The van der Waals surface area contributed by atoms with Crippen molar-refractivity contribution in [3.05, 3.63) is 79.0 Å². The van der Waals surface area contributed by atoms with Crippen molar-refractivity contribution in [3.63, 3.8) is 0 Å². The van der Waals surface area contributed by atoms with Gasteiger partial charge in [-0.1, -0.05) is 48.8 Å². The number of hydrogen-bond donors (Lipinski definition) is 2. The topological polar surface area (TPSA) is 58.2 Å². The summed E-state index contributed by atoms with van der Waals surface area (Å²) in [6, 6.07) is 14.8. The second-order valence-electron chi connectivity index (χ2n) is 9.41. The summed E-state index contributed by atoms with van der Waals surface area (Å²) in [5, 5.41) is 6.67. The van der Waals surface area contributed by atoms with Crippen molar-refractivity contribution >= 4 is 65.7 Å². The van der Waals surface area contributed by atoms with Gasteiger partial charge in [0.1, 0.15) is 5.00 Å². The van der Waals surface area contributed by atoms with Crippen molar-refractivity contribution in [2.45, 2.75) is 40.0 Å². The van der Waals surface area contributed by atoms with Gasteiger partial charge in [-0.3, -0.25) is 9.59 Å². The van der Waals surface area contributed by atoms with Gasteiger partial charge in [0, 0.05) is 19.5 Å². The number of carbonyl (C=O) groups excluding carboxylic acids is 2. The second kappa shape index (κ2) is 9.72. The highest BCUT2D eigenvalue weighted by atomic mass is 79.9. The molecule has 1 unspecified atom stereocenters. The van der Waals surface area contributed by atoms with Gasteiger partial charge in [0.15, 0.2) is 0 Å². The zero-order valence-corrected chi connectivity index (χ0v) is 22.8. The number of fused-ring (bicyclic) bond motifs is 1. The Bertz CT molecular complexity index is 1200. The normalized spacial score (nSPS) is 15.6. The number of rotatable bonds is 4. The van der Waals surface area contributed by atoms with Gasteiger partial charge < -0.3 is 10.6 Å². The summed E-state index contributed by atoms with van der Waals surface area (Å²) >= 11 is 8.42. The molecule has 2 amide bonds. The van der Waals surface area contributed by atoms with E-state index < -0.39 is 0 Å². The first-order valence-corrected chi connectivity index (χ1v) is 13.3. The smallest absolute Gasteiger partial charge is 0.258 e. The predicted octanol–water partition coefficient (Wildman–Crippen LogP) is 7.93. The standard InChI is InChI=1S/C26H26Br2N2O2S/c1-26(2,3)15-8-13-19-21(14-15)33-25(30-23(31)18-6-4-5-7-20(18)28)22(19)24(32)29-17-11-9-16(27)10-12-17/h4-7,9-12,15H,8,13-14H2,1-3H3,(H,29,32)(H,30,31). The first kappa shape index (κ1) is 24.2. The van der Waals surface area contributed by atoms with Gasteiger partial charge in [-0.25, -0.2) is 0 Å². The van der Waals surface area contributed by atoms with Gasteiger partial charge in [-0.2, -0.15) is 0 Å². The lowest BCUT2D eigenvalue weighted by Gasteiger charge is -2.33. The van der Waals surface area contributed by atoms with Crippen LogP contribution in [-0.4, -0.2) is 11.8 Å². The van der Waals surface area contributed by atoms with Crippen LogP contribution in [0.3, 0.4) is 0 Å². The summed E-state index contributed by atoms with van der Waals surface area (Å²) in [4.78, 5) is 27.7. The predicted molar refractivity (Wildman–Crippen MR) is 143 cm³/mol. The molecule has 1 aliphatic rings. The second-order valence-corrected chi connectivity index (χ2v) is 12.3. The first-order valence-electron chi connectivity index (χ1n) is 10.9. The third kappa shape index (κ3) is 5.42. The third-order valence-electron chi connectivity index (χ3n) is 6.16. The van der Waals surface area contributed by atoms with Gasteiger partial charge in [0.05, 0.1) is 11.1 Å². The molecule has 0 saturated heterocycles. The van der Waals surface area contributed by atoms with Crippen molar-refractivity contribution in [1.82, 2.24) is 0 Å². The number of halogens is 2. The van der Waals surface area contributed by atoms with Gasteiger partial charge in [-0.05, 0) is 88.5 Å². The highest BCUT2D eigenvalue weighted by molar-refractivity contribution is 9.10. The summed E-state index contributed by atoms with van der Waals surface area (Å²) in [6.45, 7) is 6.81. The molecule has 0 aliphatic heterocycles. The van der Waals surface area contributed by atoms with Crippen molar-refractivity contribution in [2.75, 3.05) is 10.6 Å². The molecule has 2 N–H and O–H groups in total. The summed E-state index contributed by atoms with van der Waals surface area (Å²) < 4.78 is 1.67. The average Bonchev–Trinajstić information content (AvgIpc) is 3.12. The maximum absolute atomic E-state index is 13.4. The Hall–Kier alpha value is -1.96. The van der Waals surface area contributed by atoms with E-state index in [1.54, 1.807) is 6.07 Å². The van der Waals surface area contributed by atoms with Crippen LogP contribution in [0.4, 0.5) is 10.7 Å². The Labute approximate surface area is 215 Å². The Kier molecular flexibility index (Phi) is 7.12. The van der Waals surface area contributed by atoms with Crippen molar-refractivity contribution in [2.24, 2.45) is 11.3 Å². The fraction of sp³-hybridized carbons (Fsp3) is 0.308. The Balaban J connectivity index is 1.69. The minimum atomic E-state index is -0.230. The molecule has 1 aliphatic carbocycles. The van der Waals surface area contributed by atoms with Gasteiger partial charge in [-0.15, -0.1) is 11.3 Å². The molecule has 172 valence electrons. The number of hydrogen-bond acceptors (Lipinski definition) is 3. The average molecular weight is 590 g/mol. The highest BCUT2D eigenvalue weighted by Crippen LogP contribution is 2.44. The minimum absolute atomic E-state index is 0.188. The molecule has 0 radical (unpaired) electrons. The van der Waals surface area contributed by atoms with Crippen LogP contribution in [-0.2, 0) is 12.8 Å². The Morgan fingerprint density at radius 3 is 2.33 bits per heavy atom. The van der Waals surface area contributed by atoms with E-state index in [9.17, 15) is 9.59 Å².